The fraction of sp³-hybridized carbons (Fsp3) is 0.348. The van der Waals surface area contributed by atoms with Gasteiger partial charge < -0.3 is 29.6 Å². The molecule has 5 rings (SSSR count). The van der Waals surface area contributed by atoms with Crippen LogP contribution in [-0.2, 0) is 20.8 Å². The van der Waals surface area contributed by atoms with Crippen LogP contribution < -0.4 is 15.4 Å². The maximum absolute atomic E-state index is 12.6. The highest BCUT2D eigenvalue weighted by Crippen LogP contribution is 2.34. The van der Waals surface area contributed by atoms with Crippen LogP contribution in [0.25, 0.3) is 0 Å². The van der Waals surface area contributed by atoms with E-state index >= 15 is 0 Å². The number of nitrogens with zero attached hydrogens (tertiary/aromatic N) is 3. The van der Waals surface area contributed by atoms with Gasteiger partial charge in [-0.1, -0.05) is 23.4 Å². The highest BCUT2D eigenvalue weighted by atomic mass is 16.6. The van der Waals surface area contributed by atoms with E-state index in [9.17, 15) is 4.79 Å². The molecule has 4 unspecified atom stereocenters. The fourth-order valence-corrected chi connectivity index (χ4v) is 4.09. The molecule has 4 atom stereocenters. The first-order chi connectivity index (χ1) is 16.2. The Morgan fingerprint density at radius 3 is 2.61 bits per heavy atom. The molecule has 2 amide bonds. The van der Waals surface area contributed by atoms with E-state index in [1.54, 1.807) is 36.1 Å². The SMILES string of the molecule is COCc1cn(C2COC3C(NC(=O)Nc4ccc(Oc5ccccc5)cc4)COC32)nn1. The van der Waals surface area contributed by atoms with Crippen molar-refractivity contribution in [3.05, 3.63) is 66.5 Å². The third-order valence-corrected chi connectivity index (χ3v) is 5.62. The van der Waals surface area contributed by atoms with E-state index in [-0.39, 0.29) is 30.3 Å². The maximum atomic E-state index is 12.6. The molecule has 2 aliphatic heterocycles. The second-order valence-corrected chi connectivity index (χ2v) is 7.93. The predicted molar refractivity (Wildman–Crippen MR) is 118 cm³/mol. The van der Waals surface area contributed by atoms with Gasteiger partial charge in [-0.05, 0) is 36.4 Å². The third kappa shape index (κ3) is 4.82. The van der Waals surface area contributed by atoms with Gasteiger partial charge in [0.2, 0.25) is 0 Å². The van der Waals surface area contributed by atoms with Gasteiger partial charge >= 0.3 is 6.03 Å². The lowest BCUT2D eigenvalue weighted by Crippen LogP contribution is -2.45. The summed E-state index contributed by atoms with van der Waals surface area (Å²) in [6.45, 7) is 1.20. The van der Waals surface area contributed by atoms with Crippen molar-refractivity contribution in [2.75, 3.05) is 25.6 Å². The highest BCUT2D eigenvalue weighted by Gasteiger charge is 2.49. The summed E-state index contributed by atoms with van der Waals surface area (Å²) in [7, 11) is 1.61. The standard InChI is InChI=1S/C23H25N5O5/c1-30-12-16-11-28(27-26-16)20-14-32-21-19(13-31-22(20)21)25-23(29)24-15-7-9-18(10-8-15)33-17-5-3-2-4-6-17/h2-11,19-22H,12-14H2,1H3,(H2,24,25,29). The maximum Gasteiger partial charge on any atom is 0.319 e. The Balaban J connectivity index is 1.14. The molecule has 2 saturated heterocycles. The van der Waals surface area contributed by atoms with Crippen molar-refractivity contribution in [2.24, 2.45) is 0 Å². The molecule has 2 fully saturated rings. The van der Waals surface area contributed by atoms with E-state index in [2.05, 4.69) is 20.9 Å². The third-order valence-electron chi connectivity index (χ3n) is 5.62. The number of amides is 2. The average molecular weight is 451 g/mol. The summed E-state index contributed by atoms with van der Waals surface area (Å²) >= 11 is 0. The minimum atomic E-state index is -0.323. The van der Waals surface area contributed by atoms with E-state index in [1.165, 1.54) is 0 Å². The number of rotatable bonds is 7. The normalized spacial score (nSPS) is 23.8. The molecule has 2 N–H and O–H groups in total. The molecule has 1 aromatic heterocycles. The van der Waals surface area contributed by atoms with Crippen molar-refractivity contribution in [2.45, 2.75) is 30.9 Å². The lowest BCUT2D eigenvalue weighted by molar-refractivity contribution is 0.0622. The lowest BCUT2D eigenvalue weighted by atomic mass is 10.1. The highest BCUT2D eigenvalue weighted by molar-refractivity contribution is 5.89. The number of methoxy groups -OCH3 is 1. The van der Waals surface area contributed by atoms with Gasteiger partial charge in [0.05, 0.1) is 32.1 Å². The number of hydrogen-bond acceptors (Lipinski definition) is 7. The lowest BCUT2D eigenvalue weighted by Gasteiger charge is -2.18. The Labute approximate surface area is 190 Å². The molecule has 0 saturated carbocycles. The minimum Gasteiger partial charge on any atom is -0.457 e. The van der Waals surface area contributed by atoms with Crippen LogP contribution in [0.5, 0.6) is 11.5 Å². The summed E-state index contributed by atoms with van der Waals surface area (Å²) in [4.78, 5) is 12.6. The summed E-state index contributed by atoms with van der Waals surface area (Å²) in [5.74, 6) is 1.44. The van der Waals surface area contributed by atoms with Crippen LogP contribution in [0.2, 0.25) is 0 Å². The molecular formula is C23H25N5O5. The molecule has 3 heterocycles. The molecule has 3 aromatic rings. The number of carbonyl (C=O) groups excluding carboxylic acids is 1. The summed E-state index contributed by atoms with van der Waals surface area (Å²) in [6.07, 6.45) is 1.38. The minimum absolute atomic E-state index is 0.0971. The van der Waals surface area contributed by atoms with E-state index in [0.717, 1.165) is 11.4 Å². The molecule has 10 heteroatoms. The van der Waals surface area contributed by atoms with Crippen molar-refractivity contribution in [3.63, 3.8) is 0 Å². The molecule has 0 bridgehead atoms. The molecule has 0 aliphatic carbocycles. The number of fused-ring (bicyclic) bond motifs is 1. The zero-order valence-electron chi connectivity index (χ0n) is 18.1. The van der Waals surface area contributed by atoms with Gasteiger partial charge in [-0.25, -0.2) is 9.48 Å². The van der Waals surface area contributed by atoms with Gasteiger partial charge in [0.15, 0.2) is 0 Å². The smallest absolute Gasteiger partial charge is 0.319 e. The molecule has 33 heavy (non-hydrogen) atoms. The molecule has 2 aromatic carbocycles. The van der Waals surface area contributed by atoms with Gasteiger partial charge in [0.1, 0.15) is 35.4 Å². The number of aromatic nitrogens is 3. The zero-order valence-corrected chi connectivity index (χ0v) is 18.1. The number of nitrogens with one attached hydrogen (secondary N) is 2. The molecule has 0 radical (unpaired) electrons. The van der Waals surface area contributed by atoms with Crippen LogP contribution in [-0.4, -0.2) is 59.6 Å². The van der Waals surface area contributed by atoms with Gasteiger partial charge in [-0.3, -0.25) is 0 Å². The van der Waals surface area contributed by atoms with Crippen LogP contribution in [0.4, 0.5) is 10.5 Å². The van der Waals surface area contributed by atoms with E-state index in [0.29, 0.717) is 31.3 Å². The van der Waals surface area contributed by atoms with Crippen molar-refractivity contribution in [1.82, 2.24) is 20.3 Å². The van der Waals surface area contributed by atoms with Crippen LogP contribution >= 0.6 is 0 Å². The average Bonchev–Trinajstić information content (AvgIpc) is 3.54. The second-order valence-electron chi connectivity index (χ2n) is 7.93. The summed E-state index contributed by atoms with van der Waals surface area (Å²) in [6, 6.07) is 16.0. The van der Waals surface area contributed by atoms with Crippen molar-refractivity contribution >= 4 is 11.7 Å². The van der Waals surface area contributed by atoms with Crippen LogP contribution in [0, 0.1) is 0 Å². The molecule has 2 aliphatic rings. The fourth-order valence-electron chi connectivity index (χ4n) is 4.09. The quantitative estimate of drug-likeness (QED) is 0.569. The topological polar surface area (TPSA) is 109 Å². The van der Waals surface area contributed by atoms with E-state index in [1.807, 2.05) is 36.5 Å². The van der Waals surface area contributed by atoms with Gasteiger partial charge in [0.25, 0.3) is 0 Å². The van der Waals surface area contributed by atoms with E-state index < -0.39 is 0 Å². The van der Waals surface area contributed by atoms with Crippen molar-refractivity contribution < 1.29 is 23.7 Å². The van der Waals surface area contributed by atoms with Crippen LogP contribution in [0.1, 0.15) is 11.7 Å². The summed E-state index contributed by atoms with van der Waals surface area (Å²) in [5.41, 5.74) is 1.40. The molecule has 0 spiro atoms. The van der Waals surface area contributed by atoms with Gasteiger partial charge in [0, 0.05) is 12.8 Å². The number of hydrogen-bond donors (Lipinski definition) is 2. The van der Waals surface area contributed by atoms with Crippen LogP contribution in [0.3, 0.4) is 0 Å². The largest absolute Gasteiger partial charge is 0.457 e. The Morgan fingerprint density at radius 1 is 1.06 bits per heavy atom. The summed E-state index contributed by atoms with van der Waals surface area (Å²) in [5, 5.41) is 14.1. The zero-order chi connectivity index (χ0) is 22.6. The van der Waals surface area contributed by atoms with Crippen molar-refractivity contribution in [1.29, 1.82) is 0 Å². The Morgan fingerprint density at radius 2 is 1.82 bits per heavy atom. The van der Waals surface area contributed by atoms with E-state index in [4.69, 9.17) is 18.9 Å². The Kier molecular flexibility index (Phi) is 6.20. The Hall–Kier alpha value is -3.47. The second kappa shape index (κ2) is 9.57. The number of anilines is 1. The van der Waals surface area contributed by atoms with Gasteiger partial charge in [-0.2, -0.15) is 0 Å². The predicted octanol–water partition coefficient (Wildman–Crippen LogP) is 2.75. The molecule has 10 nitrogen and oxygen atoms in total. The van der Waals surface area contributed by atoms with Crippen molar-refractivity contribution in [3.8, 4) is 11.5 Å². The molecule has 172 valence electrons. The first-order valence-corrected chi connectivity index (χ1v) is 10.7. The van der Waals surface area contributed by atoms with Gasteiger partial charge in [-0.15, -0.1) is 5.10 Å². The summed E-state index contributed by atoms with van der Waals surface area (Å²) < 4.78 is 24.5. The van der Waals surface area contributed by atoms with Crippen LogP contribution in [0.15, 0.2) is 60.8 Å². The number of urea groups is 1. The number of carbonyl (C=O) groups is 1. The number of para-hydroxylation sites is 1. The number of ether oxygens (including phenoxy) is 4. The Bertz CT molecular complexity index is 1070. The number of benzene rings is 2. The molecular weight excluding hydrogens is 426 g/mol. The first kappa shape index (κ1) is 21.4. The monoisotopic (exact) mass is 451 g/mol. The first-order valence-electron chi connectivity index (χ1n) is 10.7.